The molecule has 0 radical (unpaired) electrons. The second-order valence-electron chi connectivity index (χ2n) is 7.84. The predicted octanol–water partition coefficient (Wildman–Crippen LogP) is 4.39. The van der Waals surface area contributed by atoms with Gasteiger partial charge in [-0.15, -0.1) is 0 Å². The predicted molar refractivity (Wildman–Crippen MR) is 119 cm³/mol. The van der Waals surface area contributed by atoms with Crippen molar-refractivity contribution in [1.82, 2.24) is 9.80 Å². The number of aryl methyl sites for hydroxylation is 1. The van der Waals surface area contributed by atoms with Gasteiger partial charge in [-0.05, 0) is 50.7 Å². The van der Waals surface area contributed by atoms with E-state index in [0.717, 1.165) is 24.2 Å². The van der Waals surface area contributed by atoms with Gasteiger partial charge in [-0.1, -0.05) is 55.3 Å². The van der Waals surface area contributed by atoms with Crippen molar-refractivity contribution in [3.63, 3.8) is 0 Å². The van der Waals surface area contributed by atoms with Crippen molar-refractivity contribution in [2.24, 2.45) is 0 Å². The highest BCUT2D eigenvalue weighted by atomic mass is 35.5. The summed E-state index contributed by atoms with van der Waals surface area (Å²) in [5.74, 6) is -0.113. The van der Waals surface area contributed by atoms with Crippen molar-refractivity contribution in [3.05, 3.63) is 64.2 Å². The number of amides is 1. The lowest BCUT2D eigenvalue weighted by Gasteiger charge is -2.36. The summed E-state index contributed by atoms with van der Waals surface area (Å²) in [6.45, 7) is 9.79. The van der Waals surface area contributed by atoms with Crippen molar-refractivity contribution in [2.45, 2.75) is 45.7 Å². The lowest BCUT2D eigenvalue weighted by Crippen LogP contribution is -2.49. The van der Waals surface area contributed by atoms with E-state index >= 15 is 0 Å². The van der Waals surface area contributed by atoms with Crippen LogP contribution in [0.15, 0.2) is 42.5 Å². The molecule has 2 unspecified atom stereocenters. The fourth-order valence-corrected chi connectivity index (χ4v) is 4.33. The molecule has 0 N–H and O–H groups in total. The summed E-state index contributed by atoms with van der Waals surface area (Å²) >= 11 is 6.27. The highest BCUT2D eigenvalue weighted by Crippen LogP contribution is 2.48. The number of carbonyl (C=O) groups excluding carboxylic acids is 2. The molecular formula is C24H29ClN2O3. The van der Waals surface area contributed by atoms with E-state index in [0.29, 0.717) is 16.3 Å². The molecule has 0 bridgehead atoms. The number of rotatable bonds is 7. The summed E-state index contributed by atoms with van der Waals surface area (Å²) < 4.78 is 5.61. The van der Waals surface area contributed by atoms with Crippen LogP contribution in [0, 0.1) is 6.92 Å². The minimum absolute atomic E-state index is 0.0235. The molecular weight excluding hydrogens is 400 g/mol. The number of hydrogen-bond donors (Lipinski definition) is 0. The second kappa shape index (κ2) is 8.78. The molecule has 1 amide bonds. The second-order valence-corrected chi connectivity index (χ2v) is 8.27. The third-order valence-corrected chi connectivity index (χ3v) is 6.44. The zero-order valence-corrected chi connectivity index (χ0v) is 19.0. The maximum absolute atomic E-state index is 13.4. The van der Waals surface area contributed by atoms with Crippen molar-refractivity contribution < 1.29 is 14.3 Å². The number of benzene rings is 2. The number of nitrogens with zero attached hydrogens (tertiary/aromatic N) is 2. The molecule has 1 aliphatic heterocycles. The van der Waals surface area contributed by atoms with Gasteiger partial charge >= 0.3 is 5.97 Å². The topological polar surface area (TPSA) is 49.9 Å². The van der Waals surface area contributed by atoms with Crippen LogP contribution in [0.25, 0.3) is 0 Å². The van der Waals surface area contributed by atoms with Crippen LogP contribution in [0.1, 0.15) is 43.9 Å². The number of ether oxygens (including phenoxy) is 1. The largest absolute Gasteiger partial charge is 0.425 e. The monoisotopic (exact) mass is 428 g/mol. The van der Waals surface area contributed by atoms with Gasteiger partial charge in [0.25, 0.3) is 0 Å². The van der Waals surface area contributed by atoms with E-state index in [-0.39, 0.29) is 18.5 Å². The molecule has 0 saturated carbocycles. The van der Waals surface area contributed by atoms with Crippen molar-refractivity contribution in [3.8, 4) is 5.75 Å². The SMILES string of the molecule is CCN(CC)C(C)N(C)C(=O)CC1(c2ccc(C)cc2)C(=O)Oc2ccc(Cl)cc21. The van der Waals surface area contributed by atoms with Crippen LogP contribution in [-0.2, 0) is 15.0 Å². The number of fused-ring (bicyclic) bond motifs is 1. The molecule has 0 aliphatic carbocycles. The molecule has 2 aromatic rings. The van der Waals surface area contributed by atoms with Gasteiger partial charge in [-0.3, -0.25) is 14.5 Å². The third-order valence-electron chi connectivity index (χ3n) is 6.21. The van der Waals surface area contributed by atoms with Gasteiger partial charge in [0.05, 0.1) is 12.6 Å². The molecule has 0 spiro atoms. The Bertz CT molecular complexity index is 940. The first kappa shape index (κ1) is 22.3. The van der Waals surface area contributed by atoms with E-state index in [1.807, 2.05) is 38.1 Å². The van der Waals surface area contributed by atoms with Crippen LogP contribution in [0.4, 0.5) is 0 Å². The number of esters is 1. The minimum Gasteiger partial charge on any atom is -0.425 e. The minimum atomic E-state index is -1.22. The summed E-state index contributed by atoms with van der Waals surface area (Å²) in [4.78, 5) is 30.6. The Morgan fingerprint density at radius 3 is 2.37 bits per heavy atom. The van der Waals surface area contributed by atoms with Gasteiger partial charge < -0.3 is 9.64 Å². The molecule has 30 heavy (non-hydrogen) atoms. The van der Waals surface area contributed by atoms with Gasteiger partial charge in [0, 0.05) is 17.6 Å². The van der Waals surface area contributed by atoms with Crippen molar-refractivity contribution in [1.29, 1.82) is 0 Å². The Morgan fingerprint density at radius 2 is 1.77 bits per heavy atom. The molecule has 2 atom stereocenters. The molecule has 160 valence electrons. The Kier molecular flexibility index (Phi) is 6.53. The van der Waals surface area contributed by atoms with Gasteiger partial charge in [-0.2, -0.15) is 0 Å². The number of halogens is 1. The number of hydrogen-bond acceptors (Lipinski definition) is 4. The first-order chi connectivity index (χ1) is 14.2. The van der Waals surface area contributed by atoms with Crippen molar-refractivity contribution in [2.75, 3.05) is 20.1 Å². The fraction of sp³-hybridized carbons (Fsp3) is 0.417. The van der Waals surface area contributed by atoms with Gasteiger partial charge in [-0.25, -0.2) is 0 Å². The smallest absolute Gasteiger partial charge is 0.327 e. The van der Waals surface area contributed by atoms with Crippen molar-refractivity contribution >= 4 is 23.5 Å². The van der Waals surface area contributed by atoms with E-state index in [2.05, 4.69) is 18.7 Å². The molecule has 1 aliphatic rings. The molecule has 6 heteroatoms. The summed E-state index contributed by atoms with van der Waals surface area (Å²) in [7, 11) is 1.79. The maximum Gasteiger partial charge on any atom is 0.327 e. The van der Waals surface area contributed by atoms with E-state index in [1.54, 1.807) is 30.1 Å². The molecule has 0 fully saturated rings. The molecule has 2 aromatic carbocycles. The average molecular weight is 429 g/mol. The van der Waals surface area contributed by atoms with Crippen LogP contribution in [-0.4, -0.2) is 48.0 Å². The molecule has 0 aromatic heterocycles. The maximum atomic E-state index is 13.4. The van der Waals surface area contributed by atoms with Crippen LogP contribution in [0.2, 0.25) is 5.02 Å². The Balaban J connectivity index is 2.07. The molecule has 0 saturated heterocycles. The Morgan fingerprint density at radius 1 is 1.13 bits per heavy atom. The summed E-state index contributed by atoms with van der Waals surface area (Å²) in [6.07, 6.45) is -0.108. The first-order valence-corrected chi connectivity index (χ1v) is 10.7. The van der Waals surface area contributed by atoms with Gasteiger partial charge in [0.1, 0.15) is 11.2 Å². The average Bonchev–Trinajstić information content (AvgIpc) is 3.00. The lowest BCUT2D eigenvalue weighted by atomic mass is 9.72. The van der Waals surface area contributed by atoms with Crippen LogP contribution in [0.5, 0.6) is 5.75 Å². The van der Waals surface area contributed by atoms with Crippen LogP contribution < -0.4 is 4.74 Å². The lowest BCUT2D eigenvalue weighted by molar-refractivity contribution is -0.143. The summed E-state index contributed by atoms with van der Waals surface area (Å²) in [5, 5.41) is 0.501. The Hall–Kier alpha value is -2.37. The van der Waals surface area contributed by atoms with E-state index in [1.165, 1.54) is 0 Å². The highest BCUT2D eigenvalue weighted by Gasteiger charge is 2.52. The van der Waals surface area contributed by atoms with Gasteiger partial charge in [0.2, 0.25) is 5.91 Å². The summed E-state index contributed by atoms with van der Waals surface area (Å²) in [6, 6.07) is 12.8. The van der Waals surface area contributed by atoms with E-state index < -0.39 is 11.4 Å². The van der Waals surface area contributed by atoms with Crippen LogP contribution >= 0.6 is 11.6 Å². The highest BCUT2D eigenvalue weighted by molar-refractivity contribution is 6.30. The van der Waals surface area contributed by atoms with E-state index in [9.17, 15) is 9.59 Å². The molecule has 5 nitrogen and oxygen atoms in total. The first-order valence-electron chi connectivity index (χ1n) is 10.3. The van der Waals surface area contributed by atoms with Crippen LogP contribution in [0.3, 0.4) is 0 Å². The zero-order valence-electron chi connectivity index (χ0n) is 18.2. The third kappa shape index (κ3) is 3.84. The normalized spacial score (nSPS) is 18.8. The zero-order chi connectivity index (χ0) is 22.1. The Labute approximate surface area is 183 Å². The summed E-state index contributed by atoms with van der Waals surface area (Å²) in [5.41, 5.74) is 1.23. The fourth-order valence-electron chi connectivity index (χ4n) is 4.16. The van der Waals surface area contributed by atoms with Gasteiger partial charge in [0.15, 0.2) is 0 Å². The standard InChI is InChI=1S/C24H29ClN2O3/c1-6-27(7-2)17(4)26(5)22(28)15-24(18-10-8-16(3)9-11-18)20-14-19(25)12-13-21(20)30-23(24)29/h8-14,17H,6-7,15H2,1-5H3. The number of carbonyl (C=O) groups is 2. The quantitative estimate of drug-likeness (QED) is 0.373. The molecule has 3 rings (SSSR count). The molecule has 1 heterocycles. The van der Waals surface area contributed by atoms with E-state index in [4.69, 9.17) is 16.3 Å².